The minimum atomic E-state index is -4.78. The number of halogens is 3. The summed E-state index contributed by atoms with van der Waals surface area (Å²) in [4.78, 5) is 34.3. The Morgan fingerprint density at radius 1 is 1.44 bits per heavy atom. The number of hydrogen-bond donors (Lipinski definition) is 2. The number of H-pyrrole nitrogens is 1. The summed E-state index contributed by atoms with van der Waals surface area (Å²) in [5, 5.41) is 8.46. The molecule has 1 rings (SSSR count). The van der Waals surface area contributed by atoms with E-state index in [1.807, 2.05) is 0 Å². The molecule has 16 heavy (non-hydrogen) atoms. The topological polar surface area (TPSA) is 92.2 Å². The molecule has 1 aromatic heterocycles. The molecule has 88 valence electrons. The average Bonchev–Trinajstić information content (AvgIpc) is 2.10. The fourth-order valence-electron chi connectivity index (χ4n) is 0.987. The van der Waals surface area contributed by atoms with Gasteiger partial charge in [0.2, 0.25) is 0 Å². The first kappa shape index (κ1) is 12.0. The van der Waals surface area contributed by atoms with Crippen molar-refractivity contribution in [3.63, 3.8) is 0 Å². The third kappa shape index (κ3) is 2.49. The van der Waals surface area contributed by atoms with Crippen LogP contribution in [0.25, 0.3) is 0 Å². The van der Waals surface area contributed by atoms with E-state index in [2.05, 4.69) is 0 Å². The van der Waals surface area contributed by atoms with Gasteiger partial charge in [0.05, 0.1) is 0 Å². The van der Waals surface area contributed by atoms with Crippen LogP contribution in [0.2, 0.25) is 0 Å². The Morgan fingerprint density at radius 3 is 2.44 bits per heavy atom. The molecule has 0 unspecified atom stereocenters. The molecule has 2 N–H and O–H groups in total. The number of aromatic carboxylic acids is 1. The fraction of sp³-hybridized carbons (Fsp3) is 0.286. The Morgan fingerprint density at radius 2 is 2.00 bits per heavy atom. The molecule has 6 nitrogen and oxygen atoms in total. The summed E-state index contributed by atoms with van der Waals surface area (Å²) in [6, 6.07) is 0. The van der Waals surface area contributed by atoms with Crippen molar-refractivity contribution in [1.29, 1.82) is 0 Å². The minimum Gasteiger partial charge on any atom is -0.477 e. The van der Waals surface area contributed by atoms with Crippen molar-refractivity contribution in [1.82, 2.24) is 9.55 Å². The lowest BCUT2D eigenvalue weighted by atomic mass is 10.3. The van der Waals surface area contributed by atoms with Crippen molar-refractivity contribution in [2.24, 2.45) is 0 Å². The van der Waals surface area contributed by atoms with E-state index in [1.54, 1.807) is 4.98 Å². The lowest BCUT2D eigenvalue weighted by Crippen LogP contribution is -2.41. The van der Waals surface area contributed by atoms with Gasteiger partial charge in [-0.05, 0) is 0 Å². The van der Waals surface area contributed by atoms with E-state index in [4.69, 9.17) is 5.11 Å². The Labute approximate surface area is 85.0 Å². The van der Waals surface area contributed by atoms with Crippen molar-refractivity contribution in [2.75, 3.05) is 0 Å². The molecule has 0 spiro atoms. The fourth-order valence-corrected chi connectivity index (χ4v) is 0.987. The number of alkyl halides is 3. The Balaban J connectivity index is 3.39. The number of aromatic nitrogens is 2. The molecule has 0 radical (unpaired) electrons. The first-order valence-corrected chi connectivity index (χ1v) is 3.85. The van der Waals surface area contributed by atoms with E-state index in [-0.39, 0.29) is 4.57 Å². The quantitative estimate of drug-likeness (QED) is 0.746. The van der Waals surface area contributed by atoms with Crippen molar-refractivity contribution >= 4 is 5.97 Å². The molecule has 0 bridgehead atoms. The molecule has 1 heterocycles. The maximum Gasteiger partial charge on any atom is 0.406 e. The normalized spacial score (nSPS) is 11.4. The largest absolute Gasteiger partial charge is 0.477 e. The molecular weight excluding hydrogens is 233 g/mol. The zero-order valence-corrected chi connectivity index (χ0v) is 7.54. The van der Waals surface area contributed by atoms with Crippen LogP contribution in [0.4, 0.5) is 13.2 Å². The van der Waals surface area contributed by atoms with Gasteiger partial charge in [-0.25, -0.2) is 9.59 Å². The minimum absolute atomic E-state index is 0.219. The van der Waals surface area contributed by atoms with Gasteiger partial charge in [-0.15, -0.1) is 0 Å². The zero-order valence-electron chi connectivity index (χ0n) is 7.54. The Hall–Kier alpha value is -2.06. The Bertz CT molecular complexity index is 528. The highest BCUT2D eigenvalue weighted by atomic mass is 19.4. The van der Waals surface area contributed by atoms with Gasteiger partial charge in [0.1, 0.15) is 12.1 Å². The van der Waals surface area contributed by atoms with E-state index in [0.29, 0.717) is 6.20 Å². The molecule has 0 fully saturated rings. The number of carboxylic acids is 1. The summed E-state index contributed by atoms with van der Waals surface area (Å²) < 4.78 is 35.7. The Kier molecular flexibility index (Phi) is 2.88. The third-order valence-corrected chi connectivity index (χ3v) is 1.63. The number of aromatic amines is 1. The summed E-state index contributed by atoms with van der Waals surface area (Å²) in [6.07, 6.45) is -4.23. The van der Waals surface area contributed by atoms with Crippen LogP contribution in [-0.4, -0.2) is 26.8 Å². The van der Waals surface area contributed by atoms with Gasteiger partial charge in [0, 0.05) is 6.20 Å². The van der Waals surface area contributed by atoms with Crippen LogP contribution in [0.15, 0.2) is 15.8 Å². The second-order valence-corrected chi connectivity index (χ2v) is 2.82. The summed E-state index contributed by atoms with van der Waals surface area (Å²) in [5.74, 6) is -1.71. The monoisotopic (exact) mass is 238 g/mol. The summed E-state index contributed by atoms with van der Waals surface area (Å²) in [6.45, 7) is -1.83. The molecule has 0 aliphatic heterocycles. The van der Waals surface area contributed by atoms with Gasteiger partial charge in [-0.2, -0.15) is 13.2 Å². The highest BCUT2D eigenvalue weighted by Gasteiger charge is 2.30. The number of rotatable bonds is 2. The molecule has 1 aromatic rings. The van der Waals surface area contributed by atoms with Gasteiger partial charge < -0.3 is 10.1 Å². The van der Waals surface area contributed by atoms with Crippen LogP contribution in [0.5, 0.6) is 0 Å². The highest BCUT2D eigenvalue weighted by Crippen LogP contribution is 2.15. The maximum absolute atomic E-state index is 12.0. The molecule has 0 aliphatic carbocycles. The summed E-state index contributed by atoms with van der Waals surface area (Å²) in [5.41, 5.74) is -3.73. The van der Waals surface area contributed by atoms with Gasteiger partial charge in [-0.1, -0.05) is 0 Å². The maximum atomic E-state index is 12.0. The summed E-state index contributed by atoms with van der Waals surface area (Å²) >= 11 is 0. The van der Waals surface area contributed by atoms with E-state index in [9.17, 15) is 27.6 Å². The van der Waals surface area contributed by atoms with Crippen molar-refractivity contribution < 1.29 is 23.1 Å². The first-order valence-electron chi connectivity index (χ1n) is 3.85. The predicted octanol–water partition coefficient (Wildman–Crippen LogP) is -0.203. The van der Waals surface area contributed by atoms with E-state index < -0.39 is 35.5 Å². The van der Waals surface area contributed by atoms with Gasteiger partial charge >= 0.3 is 17.8 Å². The molecule has 0 saturated carbocycles. The van der Waals surface area contributed by atoms with Crippen LogP contribution >= 0.6 is 0 Å². The first-order chi connectivity index (χ1) is 7.22. The van der Waals surface area contributed by atoms with Gasteiger partial charge in [-0.3, -0.25) is 9.36 Å². The average molecular weight is 238 g/mol. The van der Waals surface area contributed by atoms with Crippen LogP contribution < -0.4 is 11.2 Å². The van der Waals surface area contributed by atoms with E-state index in [1.165, 1.54) is 0 Å². The second-order valence-electron chi connectivity index (χ2n) is 2.82. The van der Waals surface area contributed by atoms with Crippen LogP contribution in [0.3, 0.4) is 0 Å². The van der Waals surface area contributed by atoms with Crippen molar-refractivity contribution in [3.05, 3.63) is 32.6 Å². The van der Waals surface area contributed by atoms with Gasteiger partial charge in [0.15, 0.2) is 0 Å². The molecule has 0 aliphatic rings. The molecular formula is C7H5F3N2O4. The molecule has 0 saturated heterocycles. The third-order valence-electron chi connectivity index (χ3n) is 1.63. The van der Waals surface area contributed by atoms with Crippen molar-refractivity contribution in [3.8, 4) is 0 Å². The SMILES string of the molecule is O=C(O)c1c[nH]c(=O)n(CC(F)(F)F)c1=O. The molecule has 0 atom stereocenters. The zero-order chi connectivity index (χ0) is 12.5. The molecule has 9 heteroatoms. The van der Waals surface area contributed by atoms with E-state index >= 15 is 0 Å². The van der Waals surface area contributed by atoms with E-state index in [0.717, 1.165) is 0 Å². The van der Waals surface area contributed by atoms with Crippen LogP contribution in [0.1, 0.15) is 10.4 Å². The van der Waals surface area contributed by atoms with Crippen LogP contribution in [-0.2, 0) is 6.54 Å². The lowest BCUT2D eigenvalue weighted by molar-refractivity contribution is -0.141. The van der Waals surface area contributed by atoms with Gasteiger partial charge in [0.25, 0.3) is 5.56 Å². The smallest absolute Gasteiger partial charge is 0.406 e. The number of nitrogens with one attached hydrogen (secondary N) is 1. The number of nitrogens with zero attached hydrogens (tertiary/aromatic N) is 1. The highest BCUT2D eigenvalue weighted by molar-refractivity contribution is 5.86. The van der Waals surface area contributed by atoms with Crippen molar-refractivity contribution in [2.45, 2.75) is 12.7 Å². The number of carboxylic acid groups (broad SMARTS) is 1. The molecule has 0 amide bonds. The number of carbonyl (C=O) groups is 1. The standard InChI is InChI=1S/C7H5F3N2O4/c8-7(9,10)2-12-4(13)3(5(14)15)1-11-6(12)16/h1H,2H2,(H,11,16)(H,14,15). The number of hydrogen-bond acceptors (Lipinski definition) is 3. The summed E-state index contributed by atoms with van der Waals surface area (Å²) in [7, 11) is 0. The lowest BCUT2D eigenvalue weighted by Gasteiger charge is -2.08. The predicted molar refractivity (Wildman–Crippen MR) is 44.3 cm³/mol. The molecule has 0 aromatic carbocycles. The van der Waals surface area contributed by atoms with Crippen LogP contribution in [0, 0.1) is 0 Å². The second kappa shape index (κ2) is 3.83.